The second kappa shape index (κ2) is 6.28. The molecule has 0 radical (unpaired) electrons. The van der Waals surface area contributed by atoms with Crippen LogP contribution in [0.5, 0.6) is 0 Å². The third-order valence-electron chi connectivity index (χ3n) is 4.52. The van der Waals surface area contributed by atoms with Gasteiger partial charge in [-0.3, -0.25) is 4.79 Å². The lowest BCUT2D eigenvalue weighted by Crippen LogP contribution is -2.35. The first kappa shape index (κ1) is 16.3. The van der Waals surface area contributed by atoms with Gasteiger partial charge in [-0.15, -0.1) is 11.3 Å². The predicted molar refractivity (Wildman–Crippen MR) is 104 cm³/mol. The fourth-order valence-electron chi connectivity index (χ4n) is 3.33. The molecule has 1 aromatic heterocycles. The monoisotopic (exact) mass is 368 g/mol. The molecule has 2 heterocycles. The number of aryl methyl sites for hydroxylation is 1. The van der Waals surface area contributed by atoms with Crippen LogP contribution in [0.1, 0.15) is 27.9 Å². The number of fused-ring (bicyclic) bond motifs is 1. The van der Waals surface area contributed by atoms with Crippen LogP contribution in [-0.2, 0) is 6.42 Å². The van der Waals surface area contributed by atoms with E-state index in [1.807, 2.05) is 54.3 Å². The lowest BCUT2D eigenvalue weighted by atomic mass is 10.1. The lowest BCUT2D eigenvalue weighted by Gasteiger charge is -2.22. The van der Waals surface area contributed by atoms with Gasteiger partial charge >= 0.3 is 0 Å². The number of benzene rings is 2. The number of anilines is 1. The number of hydrogen-bond donors (Lipinski definition) is 0. The number of amides is 1. The van der Waals surface area contributed by atoms with E-state index < -0.39 is 0 Å². The van der Waals surface area contributed by atoms with E-state index in [4.69, 9.17) is 11.6 Å². The minimum Gasteiger partial charge on any atom is -0.304 e. The Morgan fingerprint density at radius 3 is 2.72 bits per heavy atom. The summed E-state index contributed by atoms with van der Waals surface area (Å²) in [6, 6.07) is 15.8. The number of thiazole rings is 1. The fourth-order valence-corrected chi connectivity index (χ4v) is 4.65. The summed E-state index contributed by atoms with van der Waals surface area (Å²) in [6.45, 7) is 3.97. The van der Waals surface area contributed by atoms with Crippen molar-refractivity contribution in [1.82, 2.24) is 4.98 Å². The van der Waals surface area contributed by atoms with Crippen molar-refractivity contribution >= 4 is 34.5 Å². The Kier molecular flexibility index (Phi) is 4.10. The molecule has 0 saturated heterocycles. The first-order chi connectivity index (χ1) is 12.1. The van der Waals surface area contributed by atoms with Crippen molar-refractivity contribution in [2.75, 3.05) is 4.90 Å². The summed E-state index contributed by atoms with van der Waals surface area (Å²) in [5.41, 5.74) is 3.84. The molecule has 3 aromatic rings. The highest BCUT2D eigenvalue weighted by Gasteiger charge is 2.33. The molecule has 126 valence electrons. The number of carbonyl (C=O) groups is 1. The van der Waals surface area contributed by atoms with Crippen LogP contribution >= 0.6 is 22.9 Å². The molecule has 5 heteroatoms. The minimum atomic E-state index is 0.0192. The first-order valence-corrected chi connectivity index (χ1v) is 9.39. The normalized spacial score (nSPS) is 16.1. The van der Waals surface area contributed by atoms with E-state index in [1.165, 1.54) is 16.9 Å². The van der Waals surface area contributed by atoms with Crippen LogP contribution in [0.4, 0.5) is 5.69 Å². The van der Waals surface area contributed by atoms with Gasteiger partial charge in [-0.25, -0.2) is 4.98 Å². The van der Waals surface area contributed by atoms with E-state index >= 15 is 0 Å². The molecule has 1 atom stereocenters. The molecule has 0 spiro atoms. The summed E-state index contributed by atoms with van der Waals surface area (Å²) >= 11 is 7.70. The number of aromatic nitrogens is 1. The van der Waals surface area contributed by atoms with Crippen molar-refractivity contribution in [3.8, 4) is 10.6 Å². The summed E-state index contributed by atoms with van der Waals surface area (Å²) in [4.78, 5) is 20.4. The van der Waals surface area contributed by atoms with E-state index in [9.17, 15) is 4.79 Å². The Hall–Kier alpha value is -2.17. The Balaban J connectivity index is 1.74. The first-order valence-electron chi connectivity index (χ1n) is 8.20. The summed E-state index contributed by atoms with van der Waals surface area (Å²) in [5, 5.41) is 1.43. The largest absolute Gasteiger partial charge is 0.304 e. The topological polar surface area (TPSA) is 33.2 Å². The van der Waals surface area contributed by atoms with Crippen molar-refractivity contribution in [2.24, 2.45) is 0 Å². The lowest BCUT2D eigenvalue weighted by molar-refractivity contribution is 0.0984. The van der Waals surface area contributed by atoms with E-state index in [2.05, 4.69) is 18.0 Å². The number of nitrogens with zero attached hydrogens (tertiary/aromatic N) is 2. The Bertz CT molecular complexity index is 966. The molecule has 2 aromatic carbocycles. The smallest absolute Gasteiger partial charge is 0.270 e. The third kappa shape index (κ3) is 2.75. The Morgan fingerprint density at radius 1 is 1.20 bits per heavy atom. The van der Waals surface area contributed by atoms with E-state index in [1.54, 1.807) is 0 Å². The highest BCUT2D eigenvalue weighted by Crippen LogP contribution is 2.37. The van der Waals surface area contributed by atoms with Gasteiger partial charge in [-0.2, -0.15) is 0 Å². The number of para-hydroxylation sites is 1. The van der Waals surface area contributed by atoms with Crippen LogP contribution in [0.3, 0.4) is 0 Å². The van der Waals surface area contributed by atoms with Crippen molar-refractivity contribution in [3.05, 3.63) is 69.7 Å². The van der Waals surface area contributed by atoms with Crippen molar-refractivity contribution < 1.29 is 4.79 Å². The van der Waals surface area contributed by atoms with Crippen LogP contribution in [0.2, 0.25) is 5.02 Å². The molecule has 1 aliphatic rings. The molecule has 0 fully saturated rings. The molecular weight excluding hydrogens is 352 g/mol. The number of rotatable bonds is 2. The quantitative estimate of drug-likeness (QED) is 0.609. The van der Waals surface area contributed by atoms with E-state index in [0.717, 1.165) is 28.4 Å². The van der Waals surface area contributed by atoms with E-state index in [-0.39, 0.29) is 11.9 Å². The van der Waals surface area contributed by atoms with Crippen molar-refractivity contribution in [1.29, 1.82) is 0 Å². The summed E-state index contributed by atoms with van der Waals surface area (Å²) in [6.07, 6.45) is 0.886. The highest BCUT2D eigenvalue weighted by molar-refractivity contribution is 7.17. The molecule has 1 unspecified atom stereocenters. The maximum Gasteiger partial charge on any atom is 0.270 e. The maximum absolute atomic E-state index is 13.2. The maximum atomic E-state index is 13.2. The van der Waals surface area contributed by atoms with Crippen LogP contribution in [0, 0.1) is 6.92 Å². The average molecular weight is 369 g/mol. The summed E-state index contributed by atoms with van der Waals surface area (Å²) < 4.78 is 0. The third-order valence-corrected chi connectivity index (χ3v) is 6.03. The highest BCUT2D eigenvalue weighted by atomic mass is 35.5. The Morgan fingerprint density at radius 2 is 1.92 bits per heavy atom. The number of halogens is 1. The van der Waals surface area contributed by atoms with Crippen LogP contribution < -0.4 is 4.90 Å². The molecule has 0 saturated carbocycles. The SMILES string of the molecule is Cc1nc(-c2ccccc2Cl)sc1C(=O)N1c2ccccc2CC1C. The zero-order chi connectivity index (χ0) is 17.6. The fraction of sp³-hybridized carbons (Fsp3) is 0.200. The van der Waals surface area contributed by atoms with Gasteiger partial charge in [0, 0.05) is 17.3 Å². The van der Waals surface area contributed by atoms with Gasteiger partial charge in [0.15, 0.2) is 0 Å². The Labute approximate surface area is 155 Å². The van der Waals surface area contributed by atoms with E-state index in [0.29, 0.717) is 9.90 Å². The zero-order valence-corrected chi connectivity index (χ0v) is 15.6. The number of carbonyl (C=O) groups excluding carboxylic acids is 1. The average Bonchev–Trinajstić information content (AvgIpc) is 3.14. The van der Waals surface area contributed by atoms with Gasteiger partial charge in [-0.1, -0.05) is 48.0 Å². The minimum absolute atomic E-state index is 0.0192. The summed E-state index contributed by atoms with van der Waals surface area (Å²) in [5.74, 6) is 0.0192. The van der Waals surface area contributed by atoms with Gasteiger partial charge in [0.25, 0.3) is 5.91 Å². The van der Waals surface area contributed by atoms with Gasteiger partial charge < -0.3 is 4.90 Å². The molecule has 1 aliphatic heterocycles. The van der Waals surface area contributed by atoms with Crippen molar-refractivity contribution in [3.63, 3.8) is 0 Å². The van der Waals surface area contributed by atoms with Crippen LogP contribution in [0.25, 0.3) is 10.6 Å². The summed E-state index contributed by atoms with van der Waals surface area (Å²) in [7, 11) is 0. The zero-order valence-electron chi connectivity index (χ0n) is 14.0. The molecule has 0 N–H and O–H groups in total. The number of hydrogen-bond acceptors (Lipinski definition) is 3. The second-order valence-electron chi connectivity index (χ2n) is 6.27. The van der Waals surface area contributed by atoms with Crippen molar-refractivity contribution in [2.45, 2.75) is 26.3 Å². The van der Waals surface area contributed by atoms with Gasteiger partial charge in [-0.05, 0) is 38.0 Å². The second-order valence-corrected chi connectivity index (χ2v) is 7.68. The molecule has 0 aliphatic carbocycles. The van der Waals surface area contributed by atoms with Gasteiger partial charge in [0.2, 0.25) is 0 Å². The van der Waals surface area contributed by atoms with Gasteiger partial charge in [0.05, 0.1) is 10.7 Å². The van der Waals surface area contributed by atoms with Crippen LogP contribution in [0.15, 0.2) is 48.5 Å². The molecule has 0 bridgehead atoms. The molecule has 3 nitrogen and oxygen atoms in total. The molecular formula is C20H17ClN2OS. The predicted octanol–water partition coefficient (Wildman–Crippen LogP) is 5.36. The standard InChI is InChI=1S/C20H17ClN2OS/c1-12-11-14-7-3-6-10-17(14)23(12)20(24)18-13(2)22-19(25-18)15-8-4-5-9-16(15)21/h3-10,12H,11H2,1-2H3. The van der Waals surface area contributed by atoms with Crippen LogP contribution in [-0.4, -0.2) is 16.9 Å². The molecule has 25 heavy (non-hydrogen) atoms. The molecule has 4 rings (SSSR count). The molecule has 1 amide bonds. The van der Waals surface area contributed by atoms with Gasteiger partial charge in [0.1, 0.15) is 9.88 Å².